The zero-order valence-electron chi connectivity index (χ0n) is 11.7. The van der Waals surface area contributed by atoms with Crippen LogP contribution < -0.4 is 10.2 Å². The summed E-state index contributed by atoms with van der Waals surface area (Å²) in [6.07, 6.45) is 13.4. The number of rotatable bonds is 3. The Morgan fingerprint density at radius 3 is 2.21 bits per heavy atom. The van der Waals surface area contributed by atoms with Crippen molar-refractivity contribution in [2.75, 3.05) is 18.0 Å². The Balaban J connectivity index is 1.46. The Hall–Kier alpha value is -1.09. The summed E-state index contributed by atoms with van der Waals surface area (Å²) in [5, 5.41) is 3.89. The number of anilines is 1. The average molecular weight is 259 g/mol. The molecule has 0 aromatic carbocycles. The van der Waals surface area contributed by atoms with Crippen molar-refractivity contribution in [1.29, 1.82) is 0 Å². The van der Waals surface area contributed by atoms with Crippen LogP contribution in [0.2, 0.25) is 0 Å². The summed E-state index contributed by atoms with van der Waals surface area (Å²) >= 11 is 0. The van der Waals surface area contributed by atoms with Gasteiger partial charge in [0.25, 0.3) is 0 Å². The molecule has 1 N–H and O–H groups in total. The number of pyridine rings is 1. The van der Waals surface area contributed by atoms with Crippen molar-refractivity contribution in [1.82, 2.24) is 10.3 Å². The van der Waals surface area contributed by atoms with E-state index in [4.69, 9.17) is 0 Å². The van der Waals surface area contributed by atoms with Gasteiger partial charge in [-0.3, -0.25) is 4.98 Å². The standard InChI is InChI=1S/C16H25N3/c1-2-4-14(5-3-1)18-15-8-12-19(13-9-15)16-6-10-17-11-7-16/h6-7,10-11,14-15,18H,1-5,8-9,12-13H2. The monoisotopic (exact) mass is 259 g/mol. The second-order valence-electron chi connectivity index (χ2n) is 5.97. The van der Waals surface area contributed by atoms with Crippen molar-refractivity contribution in [3.8, 4) is 0 Å². The molecule has 1 aliphatic heterocycles. The second-order valence-corrected chi connectivity index (χ2v) is 5.97. The van der Waals surface area contributed by atoms with Crippen LogP contribution in [0.3, 0.4) is 0 Å². The minimum atomic E-state index is 0.737. The van der Waals surface area contributed by atoms with Crippen molar-refractivity contribution in [2.45, 2.75) is 57.0 Å². The van der Waals surface area contributed by atoms with Crippen molar-refractivity contribution in [3.05, 3.63) is 24.5 Å². The highest BCUT2D eigenvalue weighted by atomic mass is 15.1. The molecular formula is C16H25N3. The first kappa shape index (κ1) is 12.9. The zero-order chi connectivity index (χ0) is 12.9. The smallest absolute Gasteiger partial charge is 0.0397 e. The lowest BCUT2D eigenvalue weighted by molar-refractivity contribution is 0.307. The Labute approximate surface area is 116 Å². The van der Waals surface area contributed by atoms with Gasteiger partial charge in [-0.25, -0.2) is 0 Å². The normalized spacial score (nSPS) is 22.6. The van der Waals surface area contributed by atoms with Gasteiger partial charge in [0.2, 0.25) is 0 Å². The van der Waals surface area contributed by atoms with Crippen LogP contribution in [0.1, 0.15) is 44.9 Å². The number of nitrogens with zero attached hydrogens (tertiary/aromatic N) is 2. The lowest BCUT2D eigenvalue weighted by Gasteiger charge is -2.36. The fourth-order valence-electron chi connectivity index (χ4n) is 3.46. The van der Waals surface area contributed by atoms with Crippen molar-refractivity contribution >= 4 is 5.69 Å². The number of hydrogen-bond acceptors (Lipinski definition) is 3. The van der Waals surface area contributed by atoms with Crippen LogP contribution in [0.15, 0.2) is 24.5 Å². The van der Waals surface area contributed by atoms with E-state index in [1.54, 1.807) is 0 Å². The van der Waals surface area contributed by atoms with E-state index in [9.17, 15) is 0 Å². The van der Waals surface area contributed by atoms with Gasteiger partial charge in [-0.05, 0) is 37.8 Å². The molecule has 0 radical (unpaired) electrons. The lowest BCUT2D eigenvalue weighted by Crippen LogP contribution is -2.46. The molecule has 0 atom stereocenters. The van der Waals surface area contributed by atoms with Gasteiger partial charge in [0, 0.05) is 43.3 Å². The maximum absolute atomic E-state index is 4.09. The third kappa shape index (κ3) is 3.47. The molecule has 1 saturated heterocycles. The Morgan fingerprint density at radius 1 is 0.895 bits per heavy atom. The molecule has 1 aromatic heterocycles. The molecule has 19 heavy (non-hydrogen) atoms. The highest BCUT2D eigenvalue weighted by Gasteiger charge is 2.22. The number of nitrogens with one attached hydrogen (secondary N) is 1. The second kappa shape index (κ2) is 6.38. The topological polar surface area (TPSA) is 28.2 Å². The molecule has 3 rings (SSSR count). The first-order valence-corrected chi connectivity index (χ1v) is 7.83. The maximum Gasteiger partial charge on any atom is 0.0397 e. The molecular weight excluding hydrogens is 234 g/mol. The average Bonchev–Trinajstić information content (AvgIpc) is 2.50. The lowest BCUT2D eigenvalue weighted by atomic mass is 9.93. The highest BCUT2D eigenvalue weighted by molar-refractivity contribution is 5.44. The van der Waals surface area contributed by atoms with Crippen LogP contribution in [0, 0.1) is 0 Å². The number of hydrogen-bond donors (Lipinski definition) is 1. The Kier molecular flexibility index (Phi) is 4.34. The third-order valence-corrected chi connectivity index (χ3v) is 4.60. The van der Waals surface area contributed by atoms with E-state index in [-0.39, 0.29) is 0 Å². The summed E-state index contributed by atoms with van der Waals surface area (Å²) in [5.41, 5.74) is 1.33. The molecule has 0 bridgehead atoms. The summed E-state index contributed by atoms with van der Waals surface area (Å²) < 4.78 is 0. The molecule has 0 amide bonds. The Morgan fingerprint density at radius 2 is 1.53 bits per heavy atom. The van der Waals surface area contributed by atoms with Gasteiger partial charge >= 0.3 is 0 Å². The first-order valence-electron chi connectivity index (χ1n) is 7.83. The fraction of sp³-hybridized carbons (Fsp3) is 0.688. The number of piperidine rings is 1. The summed E-state index contributed by atoms with van der Waals surface area (Å²) in [6.45, 7) is 2.35. The summed E-state index contributed by atoms with van der Waals surface area (Å²) in [4.78, 5) is 6.58. The molecule has 1 saturated carbocycles. The molecule has 2 aliphatic rings. The summed E-state index contributed by atoms with van der Waals surface area (Å²) in [7, 11) is 0. The quantitative estimate of drug-likeness (QED) is 0.904. The van der Waals surface area contributed by atoms with Gasteiger partial charge in [-0.15, -0.1) is 0 Å². The van der Waals surface area contributed by atoms with E-state index in [1.807, 2.05) is 12.4 Å². The SMILES string of the molecule is c1cc(N2CCC(NC3CCCCC3)CC2)ccn1. The van der Waals surface area contributed by atoms with Gasteiger partial charge in [0.15, 0.2) is 0 Å². The van der Waals surface area contributed by atoms with Crippen molar-refractivity contribution in [2.24, 2.45) is 0 Å². The first-order chi connectivity index (χ1) is 9.42. The van der Waals surface area contributed by atoms with Crippen LogP contribution in [-0.2, 0) is 0 Å². The van der Waals surface area contributed by atoms with Gasteiger partial charge < -0.3 is 10.2 Å². The molecule has 104 valence electrons. The summed E-state index contributed by atoms with van der Waals surface area (Å²) in [5.74, 6) is 0. The zero-order valence-corrected chi connectivity index (χ0v) is 11.7. The molecule has 0 spiro atoms. The van der Waals surface area contributed by atoms with Crippen LogP contribution in [0.25, 0.3) is 0 Å². The molecule has 3 heteroatoms. The minimum Gasteiger partial charge on any atom is -0.371 e. The predicted molar refractivity (Wildman–Crippen MR) is 79.5 cm³/mol. The van der Waals surface area contributed by atoms with Crippen molar-refractivity contribution < 1.29 is 0 Å². The van der Waals surface area contributed by atoms with E-state index in [1.165, 1.54) is 63.7 Å². The molecule has 0 unspecified atom stereocenters. The molecule has 2 fully saturated rings. The third-order valence-electron chi connectivity index (χ3n) is 4.60. The molecule has 2 heterocycles. The molecule has 3 nitrogen and oxygen atoms in total. The van der Waals surface area contributed by atoms with E-state index in [0.717, 1.165) is 12.1 Å². The fourth-order valence-corrected chi connectivity index (χ4v) is 3.46. The molecule has 1 aromatic rings. The highest BCUT2D eigenvalue weighted by Crippen LogP contribution is 2.22. The van der Waals surface area contributed by atoms with E-state index < -0.39 is 0 Å². The largest absolute Gasteiger partial charge is 0.371 e. The Bertz CT molecular complexity index is 365. The van der Waals surface area contributed by atoms with Crippen LogP contribution in [-0.4, -0.2) is 30.2 Å². The minimum absolute atomic E-state index is 0.737. The predicted octanol–water partition coefficient (Wildman–Crippen LogP) is 2.97. The van der Waals surface area contributed by atoms with Crippen LogP contribution in [0.4, 0.5) is 5.69 Å². The maximum atomic E-state index is 4.09. The van der Waals surface area contributed by atoms with Gasteiger partial charge in [0.1, 0.15) is 0 Å². The number of aromatic nitrogens is 1. The molecule has 1 aliphatic carbocycles. The van der Waals surface area contributed by atoms with E-state index in [0.29, 0.717) is 0 Å². The van der Waals surface area contributed by atoms with E-state index in [2.05, 4.69) is 27.3 Å². The van der Waals surface area contributed by atoms with Crippen LogP contribution >= 0.6 is 0 Å². The van der Waals surface area contributed by atoms with Gasteiger partial charge in [-0.1, -0.05) is 19.3 Å². The van der Waals surface area contributed by atoms with Gasteiger partial charge in [0.05, 0.1) is 0 Å². The van der Waals surface area contributed by atoms with E-state index >= 15 is 0 Å². The van der Waals surface area contributed by atoms with Gasteiger partial charge in [-0.2, -0.15) is 0 Å². The summed E-state index contributed by atoms with van der Waals surface area (Å²) in [6, 6.07) is 5.77. The van der Waals surface area contributed by atoms with Crippen molar-refractivity contribution in [3.63, 3.8) is 0 Å². The van der Waals surface area contributed by atoms with Crippen LogP contribution in [0.5, 0.6) is 0 Å².